The highest BCUT2D eigenvalue weighted by atomic mass is 79.9. The Balaban J connectivity index is 1.52. The van der Waals surface area contributed by atoms with Crippen LogP contribution in [-0.2, 0) is 4.79 Å². The van der Waals surface area contributed by atoms with Crippen LogP contribution < -0.4 is 5.32 Å². The second kappa shape index (κ2) is 7.14. The summed E-state index contributed by atoms with van der Waals surface area (Å²) in [6.45, 7) is 0. The van der Waals surface area contributed by atoms with Crippen molar-refractivity contribution in [3.8, 4) is 0 Å². The fourth-order valence-corrected chi connectivity index (χ4v) is 3.05. The predicted molar refractivity (Wildman–Crippen MR) is 92.1 cm³/mol. The van der Waals surface area contributed by atoms with E-state index in [4.69, 9.17) is 4.42 Å². The zero-order valence-corrected chi connectivity index (χ0v) is 14.3. The maximum Gasteiger partial charge on any atom is 0.256 e. The number of amides is 1. The molecule has 0 spiro atoms. The van der Waals surface area contributed by atoms with Gasteiger partial charge in [-0.1, -0.05) is 39.8 Å². The summed E-state index contributed by atoms with van der Waals surface area (Å²) in [5.41, 5.74) is 1.68. The van der Waals surface area contributed by atoms with Crippen molar-refractivity contribution in [2.24, 2.45) is 0 Å². The third-order valence-electron chi connectivity index (χ3n) is 3.03. The van der Waals surface area contributed by atoms with Gasteiger partial charge in [-0.2, -0.15) is 0 Å². The SMILES string of the molecule is O=C(CCSc1nc2ccccc2o1)Nc1ccc(Br)cc1F. The first kappa shape index (κ1) is 16.0. The number of rotatable bonds is 5. The Morgan fingerprint density at radius 3 is 2.91 bits per heavy atom. The van der Waals surface area contributed by atoms with E-state index in [0.29, 0.717) is 15.4 Å². The number of oxazole rings is 1. The van der Waals surface area contributed by atoms with Crippen LogP contribution in [0.15, 0.2) is 56.6 Å². The topological polar surface area (TPSA) is 55.1 Å². The summed E-state index contributed by atoms with van der Waals surface area (Å²) >= 11 is 4.52. The molecule has 2 aromatic carbocycles. The molecule has 0 radical (unpaired) electrons. The van der Waals surface area contributed by atoms with Gasteiger partial charge in [-0.3, -0.25) is 4.79 Å². The quantitative estimate of drug-likeness (QED) is 0.628. The molecule has 0 aliphatic carbocycles. The van der Waals surface area contributed by atoms with Gasteiger partial charge >= 0.3 is 0 Å². The number of halogens is 2. The number of benzene rings is 2. The first-order valence-electron chi connectivity index (χ1n) is 6.85. The number of para-hydroxylation sites is 2. The lowest BCUT2D eigenvalue weighted by Crippen LogP contribution is -2.13. The van der Waals surface area contributed by atoms with Crippen molar-refractivity contribution in [2.75, 3.05) is 11.1 Å². The van der Waals surface area contributed by atoms with Crippen molar-refractivity contribution in [2.45, 2.75) is 11.6 Å². The lowest BCUT2D eigenvalue weighted by Gasteiger charge is -2.06. The minimum Gasteiger partial charge on any atom is -0.431 e. The highest BCUT2D eigenvalue weighted by molar-refractivity contribution is 9.10. The molecule has 0 unspecified atom stereocenters. The van der Waals surface area contributed by atoms with Crippen molar-refractivity contribution in [3.05, 3.63) is 52.8 Å². The van der Waals surface area contributed by atoms with E-state index in [1.807, 2.05) is 24.3 Å². The molecule has 3 aromatic rings. The Labute approximate surface area is 144 Å². The number of carbonyl (C=O) groups excluding carboxylic acids is 1. The van der Waals surface area contributed by atoms with E-state index < -0.39 is 5.82 Å². The highest BCUT2D eigenvalue weighted by Gasteiger charge is 2.10. The number of hydrogen-bond acceptors (Lipinski definition) is 4. The fraction of sp³-hybridized carbons (Fsp3) is 0.125. The molecule has 0 saturated carbocycles. The second-order valence-electron chi connectivity index (χ2n) is 4.72. The zero-order chi connectivity index (χ0) is 16.2. The van der Waals surface area contributed by atoms with Gasteiger partial charge in [0, 0.05) is 16.6 Å². The van der Waals surface area contributed by atoms with E-state index in [2.05, 4.69) is 26.2 Å². The maximum absolute atomic E-state index is 13.6. The Morgan fingerprint density at radius 1 is 1.30 bits per heavy atom. The van der Waals surface area contributed by atoms with Crippen LogP contribution in [0, 0.1) is 5.82 Å². The zero-order valence-electron chi connectivity index (χ0n) is 11.9. The second-order valence-corrected chi connectivity index (χ2v) is 6.68. The van der Waals surface area contributed by atoms with Crippen LogP contribution in [0.25, 0.3) is 11.1 Å². The van der Waals surface area contributed by atoms with Gasteiger partial charge in [0.15, 0.2) is 5.58 Å². The Bertz CT molecular complexity index is 820. The first-order valence-corrected chi connectivity index (χ1v) is 8.63. The van der Waals surface area contributed by atoms with Crippen molar-refractivity contribution >= 4 is 50.4 Å². The summed E-state index contributed by atoms with van der Waals surface area (Å²) in [4.78, 5) is 16.2. The summed E-state index contributed by atoms with van der Waals surface area (Å²) in [5.74, 6) is -0.231. The minimum absolute atomic E-state index is 0.171. The number of nitrogens with zero attached hydrogens (tertiary/aromatic N) is 1. The van der Waals surface area contributed by atoms with Gasteiger partial charge in [-0.15, -0.1) is 0 Å². The van der Waals surface area contributed by atoms with E-state index in [9.17, 15) is 9.18 Å². The third kappa shape index (κ3) is 4.11. The molecule has 0 aliphatic rings. The lowest BCUT2D eigenvalue weighted by atomic mass is 10.3. The summed E-state index contributed by atoms with van der Waals surface area (Å²) < 4.78 is 19.8. The van der Waals surface area contributed by atoms with E-state index >= 15 is 0 Å². The molecule has 4 nitrogen and oxygen atoms in total. The first-order chi connectivity index (χ1) is 11.1. The van der Waals surface area contributed by atoms with Gasteiger partial charge < -0.3 is 9.73 Å². The van der Waals surface area contributed by atoms with Crippen LogP contribution in [0.3, 0.4) is 0 Å². The molecule has 118 valence electrons. The Kier molecular flexibility index (Phi) is 4.97. The van der Waals surface area contributed by atoms with Gasteiger partial charge in [-0.05, 0) is 30.3 Å². The number of carbonyl (C=O) groups is 1. The number of anilines is 1. The Morgan fingerprint density at radius 2 is 2.13 bits per heavy atom. The van der Waals surface area contributed by atoms with E-state index in [1.54, 1.807) is 6.07 Å². The molecule has 0 saturated heterocycles. The van der Waals surface area contributed by atoms with Gasteiger partial charge in [0.2, 0.25) is 5.91 Å². The molecule has 1 amide bonds. The van der Waals surface area contributed by atoms with Crippen LogP contribution >= 0.6 is 27.7 Å². The summed E-state index contributed by atoms with van der Waals surface area (Å²) in [5, 5.41) is 3.07. The van der Waals surface area contributed by atoms with Crippen molar-refractivity contribution in [1.29, 1.82) is 0 Å². The van der Waals surface area contributed by atoms with E-state index in [0.717, 1.165) is 11.1 Å². The molecule has 0 aliphatic heterocycles. The van der Waals surface area contributed by atoms with Gasteiger partial charge in [0.05, 0.1) is 5.69 Å². The lowest BCUT2D eigenvalue weighted by molar-refractivity contribution is -0.115. The molecule has 23 heavy (non-hydrogen) atoms. The number of thioether (sulfide) groups is 1. The van der Waals surface area contributed by atoms with Crippen LogP contribution in [0.5, 0.6) is 0 Å². The summed E-state index contributed by atoms with van der Waals surface area (Å²) in [6, 6.07) is 12.0. The standard InChI is InChI=1S/C16H12BrFN2O2S/c17-10-5-6-12(11(18)9-10)19-15(21)7-8-23-16-20-13-3-1-2-4-14(13)22-16/h1-6,9H,7-8H2,(H,19,21). The number of nitrogens with one attached hydrogen (secondary N) is 1. The number of fused-ring (bicyclic) bond motifs is 1. The smallest absolute Gasteiger partial charge is 0.256 e. The third-order valence-corrected chi connectivity index (χ3v) is 4.36. The molecule has 3 rings (SSSR count). The van der Waals surface area contributed by atoms with Gasteiger partial charge in [0.1, 0.15) is 11.3 Å². The van der Waals surface area contributed by atoms with Crippen molar-refractivity contribution < 1.29 is 13.6 Å². The van der Waals surface area contributed by atoms with Crippen LogP contribution in [-0.4, -0.2) is 16.6 Å². The molecule has 1 heterocycles. The highest BCUT2D eigenvalue weighted by Crippen LogP contribution is 2.24. The minimum atomic E-state index is -0.473. The number of hydrogen-bond donors (Lipinski definition) is 1. The molecule has 0 fully saturated rings. The molecule has 1 N–H and O–H groups in total. The predicted octanol–water partition coefficient (Wildman–Crippen LogP) is 4.85. The fourth-order valence-electron chi connectivity index (χ4n) is 1.95. The summed E-state index contributed by atoms with van der Waals surface area (Å²) in [7, 11) is 0. The Hall–Kier alpha value is -1.86. The maximum atomic E-state index is 13.6. The van der Waals surface area contributed by atoms with Crippen LogP contribution in [0.1, 0.15) is 6.42 Å². The van der Waals surface area contributed by atoms with Crippen LogP contribution in [0.2, 0.25) is 0 Å². The average Bonchev–Trinajstić information content (AvgIpc) is 2.93. The van der Waals surface area contributed by atoms with Gasteiger partial charge in [-0.25, -0.2) is 9.37 Å². The van der Waals surface area contributed by atoms with Crippen LogP contribution in [0.4, 0.5) is 10.1 Å². The van der Waals surface area contributed by atoms with Gasteiger partial charge in [0.25, 0.3) is 5.22 Å². The summed E-state index contributed by atoms with van der Waals surface area (Å²) in [6.07, 6.45) is 0.235. The molecular formula is C16H12BrFN2O2S. The number of aromatic nitrogens is 1. The van der Waals surface area contributed by atoms with Crippen molar-refractivity contribution in [1.82, 2.24) is 4.98 Å². The molecule has 0 bridgehead atoms. The average molecular weight is 395 g/mol. The molecular weight excluding hydrogens is 383 g/mol. The monoisotopic (exact) mass is 394 g/mol. The molecule has 1 aromatic heterocycles. The van der Waals surface area contributed by atoms with E-state index in [-0.39, 0.29) is 18.0 Å². The largest absolute Gasteiger partial charge is 0.431 e. The normalized spacial score (nSPS) is 10.9. The molecule has 0 atom stereocenters. The van der Waals surface area contributed by atoms with E-state index in [1.165, 1.54) is 23.9 Å². The van der Waals surface area contributed by atoms with Crippen molar-refractivity contribution in [3.63, 3.8) is 0 Å². The molecule has 7 heteroatoms.